The Morgan fingerprint density at radius 1 is 0.962 bits per heavy atom. The van der Waals surface area contributed by atoms with Gasteiger partial charge in [-0.1, -0.05) is 72.4 Å². The standard InChI is InChI=1S/C19H16N6S/c1-26-19-24-23-18(15-10-6-3-7-11-15)25(19)21-13-16-12-20-22-17(16)14-8-4-2-5-9-14/h2-13H,1H3,(H,20,22). The predicted molar refractivity (Wildman–Crippen MR) is 104 cm³/mol. The van der Waals surface area contributed by atoms with E-state index < -0.39 is 0 Å². The van der Waals surface area contributed by atoms with Crippen molar-refractivity contribution in [3.05, 3.63) is 72.4 Å². The molecule has 0 unspecified atom stereocenters. The first-order valence-corrected chi connectivity index (χ1v) is 9.27. The van der Waals surface area contributed by atoms with Crippen LogP contribution in [0.3, 0.4) is 0 Å². The molecule has 0 aliphatic heterocycles. The number of aromatic amines is 1. The van der Waals surface area contributed by atoms with E-state index in [1.165, 1.54) is 11.8 Å². The number of H-pyrrole nitrogens is 1. The second-order valence-electron chi connectivity index (χ2n) is 5.50. The molecule has 0 radical (unpaired) electrons. The fourth-order valence-electron chi connectivity index (χ4n) is 2.61. The number of thioether (sulfide) groups is 1. The van der Waals surface area contributed by atoms with E-state index in [1.54, 1.807) is 17.1 Å². The summed E-state index contributed by atoms with van der Waals surface area (Å²) < 4.78 is 1.75. The van der Waals surface area contributed by atoms with Gasteiger partial charge in [-0.3, -0.25) is 5.10 Å². The molecular weight excluding hydrogens is 344 g/mol. The van der Waals surface area contributed by atoms with Gasteiger partial charge in [0.05, 0.1) is 18.1 Å². The average Bonchev–Trinajstić information content (AvgIpc) is 3.34. The second-order valence-corrected chi connectivity index (χ2v) is 6.27. The molecule has 0 fully saturated rings. The van der Waals surface area contributed by atoms with Crippen LogP contribution < -0.4 is 0 Å². The van der Waals surface area contributed by atoms with Crippen molar-refractivity contribution in [1.29, 1.82) is 0 Å². The van der Waals surface area contributed by atoms with Crippen molar-refractivity contribution in [2.45, 2.75) is 5.16 Å². The van der Waals surface area contributed by atoms with E-state index in [-0.39, 0.29) is 0 Å². The largest absolute Gasteiger partial charge is 0.277 e. The van der Waals surface area contributed by atoms with Crippen LogP contribution in [0.15, 0.2) is 77.1 Å². The van der Waals surface area contributed by atoms with Crippen LogP contribution in [0.5, 0.6) is 0 Å². The molecule has 0 bridgehead atoms. The summed E-state index contributed by atoms with van der Waals surface area (Å²) in [6, 6.07) is 20.0. The Balaban J connectivity index is 1.73. The van der Waals surface area contributed by atoms with Crippen molar-refractivity contribution >= 4 is 18.0 Å². The molecule has 0 atom stereocenters. The third kappa shape index (κ3) is 3.16. The molecule has 0 aliphatic rings. The zero-order valence-corrected chi connectivity index (χ0v) is 14.9. The summed E-state index contributed by atoms with van der Waals surface area (Å²) in [6.45, 7) is 0. The maximum absolute atomic E-state index is 4.63. The summed E-state index contributed by atoms with van der Waals surface area (Å²) in [4.78, 5) is 0. The maximum atomic E-state index is 4.63. The van der Waals surface area contributed by atoms with E-state index in [4.69, 9.17) is 0 Å². The SMILES string of the molecule is CSc1nnc(-c2ccccc2)n1N=Cc1cn[nH]c1-c1ccccc1. The third-order valence-electron chi connectivity index (χ3n) is 3.87. The van der Waals surface area contributed by atoms with Crippen molar-refractivity contribution in [1.82, 2.24) is 25.1 Å². The normalized spacial score (nSPS) is 11.3. The number of rotatable bonds is 5. The molecule has 0 amide bonds. The van der Waals surface area contributed by atoms with Crippen LogP contribution in [0.2, 0.25) is 0 Å². The molecule has 4 rings (SSSR count). The van der Waals surface area contributed by atoms with Crippen LogP contribution in [0.4, 0.5) is 0 Å². The molecule has 0 aliphatic carbocycles. The summed E-state index contributed by atoms with van der Waals surface area (Å²) in [5.74, 6) is 0.705. The fraction of sp³-hybridized carbons (Fsp3) is 0.0526. The number of hydrogen-bond donors (Lipinski definition) is 1. The van der Waals surface area contributed by atoms with Gasteiger partial charge >= 0.3 is 0 Å². The summed E-state index contributed by atoms with van der Waals surface area (Å²) in [6.07, 6.45) is 5.50. The first-order valence-electron chi connectivity index (χ1n) is 8.05. The van der Waals surface area contributed by atoms with Gasteiger partial charge in [-0.05, 0) is 6.26 Å². The highest BCUT2D eigenvalue weighted by Gasteiger charge is 2.13. The Hall–Kier alpha value is -3.19. The molecule has 4 aromatic rings. The van der Waals surface area contributed by atoms with E-state index in [1.807, 2.05) is 66.9 Å². The molecule has 2 aromatic heterocycles. The van der Waals surface area contributed by atoms with Crippen LogP contribution >= 0.6 is 11.8 Å². The minimum atomic E-state index is 0.705. The molecule has 0 spiro atoms. The summed E-state index contributed by atoms with van der Waals surface area (Å²) in [5.41, 5.74) is 3.85. The van der Waals surface area contributed by atoms with Gasteiger partial charge in [0.1, 0.15) is 0 Å². The highest BCUT2D eigenvalue weighted by Crippen LogP contribution is 2.23. The minimum absolute atomic E-state index is 0.705. The molecule has 128 valence electrons. The Kier molecular flexibility index (Phi) is 4.61. The Morgan fingerprint density at radius 2 is 1.65 bits per heavy atom. The lowest BCUT2D eigenvalue weighted by Gasteiger charge is -2.03. The number of benzene rings is 2. The van der Waals surface area contributed by atoms with Crippen molar-refractivity contribution in [2.75, 3.05) is 6.26 Å². The van der Waals surface area contributed by atoms with Crippen molar-refractivity contribution < 1.29 is 0 Å². The van der Waals surface area contributed by atoms with E-state index in [2.05, 4.69) is 25.5 Å². The number of aromatic nitrogens is 5. The van der Waals surface area contributed by atoms with Crippen molar-refractivity contribution in [2.24, 2.45) is 5.10 Å². The molecule has 7 heteroatoms. The molecule has 1 N–H and O–H groups in total. The molecule has 2 heterocycles. The number of nitrogens with zero attached hydrogens (tertiary/aromatic N) is 5. The van der Waals surface area contributed by atoms with Gasteiger partial charge in [-0.15, -0.1) is 10.2 Å². The lowest BCUT2D eigenvalue weighted by molar-refractivity contribution is 0.774. The number of hydrogen-bond acceptors (Lipinski definition) is 5. The maximum Gasteiger partial charge on any atom is 0.212 e. The molecule has 26 heavy (non-hydrogen) atoms. The Morgan fingerprint density at radius 3 is 2.35 bits per heavy atom. The topological polar surface area (TPSA) is 71.8 Å². The van der Waals surface area contributed by atoms with E-state index in [9.17, 15) is 0 Å². The van der Waals surface area contributed by atoms with Crippen LogP contribution in [0.25, 0.3) is 22.6 Å². The molecule has 0 saturated carbocycles. The van der Waals surface area contributed by atoms with Crippen molar-refractivity contribution in [3.63, 3.8) is 0 Å². The highest BCUT2D eigenvalue weighted by molar-refractivity contribution is 7.98. The molecular formula is C19H16N6S. The smallest absolute Gasteiger partial charge is 0.212 e. The van der Waals surface area contributed by atoms with Gasteiger partial charge in [0, 0.05) is 16.7 Å². The van der Waals surface area contributed by atoms with Crippen LogP contribution in [0, 0.1) is 0 Å². The lowest BCUT2D eigenvalue weighted by atomic mass is 10.1. The third-order valence-corrected chi connectivity index (χ3v) is 4.49. The zero-order chi connectivity index (χ0) is 17.8. The van der Waals surface area contributed by atoms with Gasteiger partial charge in [-0.25, -0.2) is 0 Å². The van der Waals surface area contributed by atoms with E-state index in [0.717, 1.165) is 27.5 Å². The van der Waals surface area contributed by atoms with Crippen LogP contribution in [-0.2, 0) is 0 Å². The van der Waals surface area contributed by atoms with Gasteiger partial charge in [-0.2, -0.15) is 14.9 Å². The number of nitrogens with one attached hydrogen (secondary N) is 1. The van der Waals surface area contributed by atoms with Gasteiger partial charge in [0.2, 0.25) is 5.16 Å². The second kappa shape index (κ2) is 7.37. The monoisotopic (exact) mass is 360 g/mol. The van der Waals surface area contributed by atoms with Gasteiger partial charge in [0.25, 0.3) is 0 Å². The van der Waals surface area contributed by atoms with E-state index >= 15 is 0 Å². The van der Waals surface area contributed by atoms with E-state index in [0.29, 0.717) is 5.82 Å². The quantitative estimate of drug-likeness (QED) is 0.432. The summed E-state index contributed by atoms with van der Waals surface area (Å²) >= 11 is 1.50. The first-order chi connectivity index (χ1) is 12.9. The molecule has 2 aromatic carbocycles. The predicted octanol–water partition coefficient (Wildman–Crippen LogP) is 3.94. The Bertz CT molecular complexity index is 1020. The van der Waals surface area contributed by atoms with Crippen molar-refractivity contribution in [3.8, 4) is 22.6 Å². The zero-order valence-electron chi connectivity index (χ0n) is 14.1. The first kappa shape index (κ1) is 16.3. The molecule has 6 nitrogen and oxygen atoms in total. The van der Waals surface area contributed by atoms with Gasteiger partial charge < -0.3 is 0 Å². The van der Waals surface area contributed by atoms with Crippen LogP contribution in [0.1, 0.15) is 5.56 Å². The Labute approximate surface area is 155 Å². The highest BCUT2D eigenvalue weighted by atomic mass is 32.2. The minimum Gasteiger partial charge on any atom is -0.277 e. The van der Waals surface area contributed by atoms with Crippen LogP contribution in [-0.4, -0.2) is 37.5 Å². The summed E-state index contributed by atoms with van der Waals surface area (Å²) in [7, 11) is 0. The average molecular weight is 360 g/mol. The molecule has 0 saturated heterocycles. The lowest BCUT2D eigenvalue weighted by Crippen LogP contribution is -1.96. The van der Waals surface area contributed by atoms with Gasteiger partial charge in [0.15, 0.2) is 5.82 Å². The fourth-order valence-corrected chi connectivity index (χ4v) is 3.04. The summed E-state index contributed by atoms with van der Waals surface area (Å²) in [5, 5.41) is 21.1.